The van der Waals surface area contributed by atoms with Crippen molar-refractivity contribution in [3.05, 3.63) is 29.1 Å². The van der Waals surface area contributed by atoms with Crippen LogP contribution in [0.3, 0.4) is 0 Å². The van der Waals surface area contributed by atoms with Crippen molar-refractivity contribution in [3.8, 4) is 0 Å². The zero-order valence-corrected chi connectivity index (χ0v) is 8.02. The summed E-state index contributed by atoms with van der Waals surface area (Å²) < 4.78 is 0. The van der Waals surface area contributed by atoms with Crippen molar-refractivity contribution in [1.29, 1.82) is 0 Å². The van der Waals surface area contributed by atoms with Crippen LogP contribution in [0.1, 0.15) is 25.1 Å². The molecule has 0 spiro atoms. The van der Waals surface area contributed by atoms with Gasteiger partial charge in [0.1, 0.15) is 0 Å². The van der Waals surface area contributed by atoms with Gasteiger partial charge in [-0.25, -0.2) is 0 Å². The van der Waals surface area contributed by atoms with Gasteiger partial charge < -0.3 is 0 Å². The summed E-state index contributed by atoms with van der Waals surface area (Å²) in [7, 11) is 0. The van der Waals surface area contributed by atoms with Crippen molar-refractivity contribution in [2.45, 2.75) is 20.3 Å². The third-order valence-corrected chi connectivity index (χ3v) is 1.82. The number of halogens is 1. The van der Waals surface area contributed by atoms with E-state index >= 15 is 0 Å². The Kier molecular flexibility index (Phi) is 2.82. The SMILES string of the molecule is C=C(C)c1cc(Cl)nnc1CC. The molecule has 0 amide bonds. The molecular formula is C9H11ClN2. The number of aryl methyl sites for hydroxylation is 1. The first-order valence-corrected chi connectivity index (χ1v) is 4.21. The lowest BCUT2D eigenvalue weighted by molar-refractivity contribution is 0.912. The van der Waals surface area contributed by atoms with Crippen LogP contribution in [0.5, 0.6) is 0 Å². The molecule has 0 aliphatic carbocycles. The van der Waals surface area contributed by atoms with Gasteiger partial charge in [0, 0.05) is 5.56 Å². The van der Waals surface area contributed by atoms with Crippen LogP contribution < -0.4 is 0 Å². The van der Waals surface area contributed by atoms with Crippen molar-refractivity contribution in [3.63, 3.8) is 0 Å². The Morgan fingerprint density at radius 1 is 1.58 bits per heavy atom. The Morgan fingerprint density at radius 2 is 2.25 bits per heavy atom. The van der Waals surface area contributed by atoms with E-state index in [4.69, 9.17) is 11.6 Å². The maximum absolute atomic E-state index is 5.70. The Bertz CT molecular complexity index is 307. The largest absolute Gasteiger partial charge is 0.154 e. The summed E-state index contributed by atoms with van der Waals surface area (Å²) in [5.41, 5.74) is 2.94. The fourth-order valence-corrected chi connectivity index (χ4v) is 1.17. The van der Waals surface area contributed by atoms with Gasteiger partial charge in [0.2, 0.25) is 0 Å². The van der Waals surface area contributed by atoms with Crippen LogP contribution in [0.25, 0.3) is 5.57 Å². The molecule has 0 N–H and O–H groups in total. The van der Waals surface area contributed by atoms with Crippen LogP contribution in [0.15, 0.2) is 12.6 Å². The van der Waals surface area contributed by atoms with Gasteiger partial charge in [-0.3, -0.25) is 0 Å². The maximum Gasteiger partial charge on any atom is 0.152 e. The summed E-state index contributed by atoms with van der Waals surface area (Å²) in [4.78, 5) is 0. The van der Waals surface area contributed by atoms with Gasteiger partial charge in [-0.15, -0.1) is 5.10 Å². The first-order valence-electron chi connectivity index (χ1n) is 3.83. The highest BCUT2D eigenvalue weighted by atomic mass is 35.5. The molecule has 2 nitrogen and oxygen atoms in total. The number of hydrogen-bond acceptors (Lipinski definition) is 2. The van der Waals surface area contributed by atoms with E-state index in [-0.39, 0.29) is 0 Å². The van der Waals surface area contributed by atoms with Crippen LogP contribution in [-0.4, -0.2) is 10.2 Å². The second kappa shape index (κ2) is 3.68. The van der Waals surface area contributed by atoms with Crippen LogP contribution in [-0.2, 0) is 6.42 Å². The van der Waals surface area contributed by atoms with Crippen LogP contribution in [0.4, 0.5) is 0 Å². The van der Waals surface area contributed by atoms with Crippen molar-refractivity contribution in [2.75, 3.05) is 0 Å². The van der Waals surface area contributed by atoms with E-state index in [1.165, 1.54) is 0 Å². The molecular weight excluding hydrogens is 172 g/mol. The Balaban J connectivity index is 3.21. The molecule has 1 aromatic heterocycles. The maximum atomic E-state index is 5.70. The van der Waals surface area contributed by atoms with Crippen LogP contribution in [0, 0.1) is 0 Å². The first-order chi connectivity index (χ1) is 5.65. The van der Waals surface area contributed by atoms with E-state index < -0.39 is 0 Å². The second-order valence-electron chi connectivity index (χ2n) is 2.66. The summed E-state index contributed by atoms with van der Waals surface area (Å²) >= 11 is 5.70. The third kappa shape index (κ3) is 1.83. The Hall–Kier alpha value is -0.890. The summed E-state index contributed by atoms with van der Waals surface area (Å²) in [6, 6.07) is 1.80. The van der Waals surface area contributed by atoms with Gasteiger partial charge in [-0.1, -0.05) is 25.1 Å². The van der Waals surface area contributed by atoms with Crippen molar-refractivity contribution >= 4 is 17.2 Å². The lowest BCUT2D eigenvalue weighted by Crippen LogP contribution is -1.96. The molecule has 64 valence electrons. The Morgan fingerprint density at radius 3 is 2.75 bits per heavy atom. The standard InChI is InChI=1S/C9H11ClN2/c1-4-8-7(6(2)3)5-9(10)12-11-8/h5H,2,4H2,1,3H3. The summed E-state index contributed by atoms with van der Waals surface area (Å²) in [5, 5.41) is 8.16. The molecule has 3 heteroatoms. The molecule has 0 saturated carbocycles. The normalized spacial score (nSPS) is 9.92. The molecule has 0 aromatic carbocycles. The molecule has 12 heavy (non-hydrogen) atoms. The van der Waals surface area contributed by atoms with Gasteiger partial charge in [0.25, 0.3) is 0 Å². The first kappa shape index (κ1) is 9.20. The lowest BCUT2D eigenvalue weighted by Gasteiger charge is -2.04. The molecule has 0 bridgehead atoms. The van der Waals surface area contributed by atoms with E-state index in [0.29, 0.717) is 5.15 Å². The summed E-state index contributed by atoms with van der Waals surface area (Å²) in [6.07, 6.45) is 0.854. The van der Waals surface area contributed by atoms with Crippen LogP contribution >= 0.6 is 11.6 Å². The zero-order valence-electron chi connectivity index (χ0n) is 7.26. The molecule has 1 heterocycles. The zero-order chi connectivity index (χ0) is 9.14. The molecule has 0 aliphatic rings. The average Bonchev–Trinajstić information content (AvgIpc) is 2.04. The predicted molar refractivity (Wildman–Crippen MR) is 51.1 cm³/mol. The summed E-state index contributed by atoms with van der Waals surface area (Å²) in [5.74, 6) is 0. The molecule has 0 unspecified atom stereocenters. The smallest absolute Gasteiger partial charge is 0.152 e. The predicted octanol–water partition coefficient (Wildman–Crippen LogP) is 2.73. The number of rotatable bonds is 2. The quantitative estimate of drug-likeness (QED) is 0.703. The highest BCUT2D eigenvalue weighted by Gasteiger charge is 2.04. The molecule has 1 rings (SSSR count). The average molecular weight is 183 g/mol. The molecule has 0 fully saturated rings. The van der Waals surface area contributed by atoms with Crippen molar-refractivity contribution in [2.24, 2.45) is 0 Å². The van der Waals surface area contributed by atoms with E-state index in [1.807, 2.05) is 13.8 Å². The highest BCUT2D eigenvalue weighted by molar-refractivity contribution is 6.29. The Labute approximate surface area is 77.3 Å². The van der Waals surface area contributed by atoms with Gasteiger partial charge in [-0.2, -0.15) is 5.10 Å². The molecule has 0 atom stereocenters. The van der Waals surface area contributed by atoms with Crippen molar-refractivity contribution < 1.29 is 0 Å². The highest BCUT2D eigenvalue weighted by Crippen LogP contribution is 2.18. The van der Waals surface area contributed by atoms with E-state index in [2.05, 4.69) is 16.8 Å². The molecule has 0 radical (unpaired) electrons. The minimum Gasteiger partial charge on any atom is -0.154 e. The van der Waals surface area contributed by atoms with E-state index in [0.717, 1.165) is 23.3 Å². The number of hydrogen-bond donors (Lipinski definition) is 0. The van der Waals surface area contributed by atoms with E-state index in [1.54, 1.807) is 6.07 Å². The molecule has 0 aliphatic heterocycles. The minimum absolute atomic E-state index is 0.421. The fraction of sp³-hybridized carbons (Fsp3) is 0.333. The molecule has 1 aromatic rings. The van der Waals surface area contributed by atoms with Gasteiger partial charge in [-0.05, 0) is 25.0 Å². The lowest BCUT2D eigenvalue weighted by atomic mass is 10.1. The van der Waals surface area contributed by atoms with Crippen LogP contribution in [0.2, 0.25) is 5.15 Å². The van der Waals surface area contributed by atoms with Gasteiger partial charge in [0.15, 0.2) is 5.15 Å². The minimum atomic E-state index is 0.421. The summed E-state index contributed by atoms with van der Waals surface area (Å²) in [6.45, 7) is 7.82. The number of nitrogens with zero attached hydrogens (tertiary/aromatic N) is 2. The number of allylic oxidation sites excluding steroid dienone is 1. The second-order valence-corrected chi connectivity index (χ2v) is 3.05. The fourth-order valence-electron chi connectivity index (χ4n) is 1.02. The van der Waals surface area contributed by atoms with Gasteiger partial charge >= 0.3 is 0 Å². The monoisotopic (exact) mass is 182 g/mol. The topological polar surface area (TPSA) is 25.8 Å². The van der Waals surface area contributed by atoms with E-state index in [9.17, 15) is 0 Å². The van der Waals surface area contributed by atoms with Gasteiger partial charge in [0.05, 0.1) is 5.69 Å². The number of aromatic nitrogens is 2. The molecule has 0 saturated heterocycles. The third-order valence-electron chi connectivity index (χ3n) is 1.64. The van der Waals surface area contributed by atoms with Crippen molar-refractivity contribution in [1.82, 2.24) is 10.2 Å².